The largest absolute Gasteiger partial charge is 0.466 e. The van der Waals surface area contributed by atoms with Crippen LogP contribution >= 0.6 is 0 Å². The molecule has 0 spiro atoms. The minimum atomic E-state index is -4.56. The summed E-state index contributed by atoms with van der Waals surface area (Å²) in [4.78, 5) is 43.4. The van der Waals surface area contributed by atoms with Crippen molar-refractivity contribution in [2.24, 2.45) is 5.41 Å². The van der Waals surface area contributed by atoms with Crippen molar-refractivity contribution in [1.29, 1.82) is 0 Å². The van der Waals surface area contributed by atoms with E-state index in [0.717, 1.165) is 31.7 Å². The van der Waals surface area contributed by atoms with E-state index in [0.29, 0.717) is 37.2 Å². The maximum absolute atomic E-state index is 14.1. The van der Waals surface area contributed by atoms with Crippen LogP contribution in [0, 0.1) is 5.41 Å². The molecule has 0 unspecified atom stereocenters. The molecule has 2 fully saturated rings. The molecule has 4 aromatic rings. The van der Waals surface area contributed by atoms with E-state index in [1.54, 1.807) is 26.3 Å². The van der Waals surface area contributed by atoms with Crippen molar-refractivity contribution >= 4 is 34.7 Å². The number of methoxy groups -OCH3 is 1. The van der Waals surface area contributed by atoms with E-state index < -0.39 is 17.6 Å². The number of amides is 1. The van der Waals surface area contributed by atoms with Gasteiger partial charge >= 0.3 is 12.1 Å². The molecule has 48 heavy (non-hydrogen) atoms. The monoisotopic (exact) mass is 668 g/mol. The first-order valence-electron chi connectivity index (χ1n) is 16.2. The van der Waals surface area contributed by atoms with E-state index in [-0.39, 0.29) is 71.1 Å². The predicted octanol–water partition coefficient (Wildman–Crippen LogP) is 5.96. The number of aromatic amines is 1. The van der Waals surface area contributed by atoms with Gasteiger partial charge in [-0.3, -0.25) is 24.6 Å². The molecular formula is C33H39F3N8O4. The second-order valence-electron chi connectivity index (χ2n) is 12.7. The Morgan fingerprint density at radius 1 is 1.19 bits per heavy atom. The molecule has 2 N–H and O–H groups in total. The number of halogens is 3. The number of hydrogen-bond donors (Lipinski definition) is 2. The lowest BCUT2D eigenvalue weighted by Crippen LogP contribution is -2.37. The Morgan fingerprint density at radius 2 is 1.96 bits per heavy atom. The fourth-order valence-electron chi connectivity index (χ4n) is 6.59. The van der Waals surface area contributed by atoms with Gasteiger partial charge in [0.2, 0.25) is 5.95 Å². The van der Waals surface area contributed by atoms with E-state index in [1.807, 2.05) is 11.9 Å². The Labute approximate surface area is 275 Å². The molecular weight excluding hydrogens is 629 g/mol. The molecule has 0 radical (unpaired) electrons. The number of ether oxygens (including phenoxy) is 2. The number of aromatic nitrogens is 6. The van der Waals surface area contributed by atoms with Gasteiger partial charge in [0.25, 0.3) is 5.91 Å². The average Bonchev–Trinajstić information content (AvgIpc) is 3.39. The van der Waals surface area contributed by atoms with E-state index >= 15 is 0 Å². The standard InChI is InChI=1S/C33H39F3N8O4/c1-4-48-26(45)10-14-44-13-9-23(42-44)30(46)41-31-39-28-25(43(2)18-32(19-47-3)11-5-6-12-32)16-24(38-29(28)40-31)21-15-22(33(34,35)36)27(37-17-21)20-7-8-20/h9,13,15-17,20H,4-8,10-12,14,18-19H2,1-3H3,(H2,38,39,40,41,46). The molecule has 0 bridgehead atoms. The van der Waals surface area contributed by atoms with Gasteiger partial charge in [0.05, 0.1) is 48.8 Å². The highest BCUT2D eigenvalue weighted by Gasteiger charge is 2.40. The minimum absolute atomic E-state index is 0.0699. The van der Waals surface area contributed by atoms with E-state index in [9.17, 15) is 22.8 Å². The number of carbonyl (C=O) groups excluding carboxylic acids is 2. The van der Waals surface area contributed by atoms with Crippen molar-refractivity contribution in [3.63, 3.8) is 0 Å². The summed E-state index contributed by atoms with van der Waals surface area (Å²) in [5, 5.41) is 6.96. The molecule has 1 amide bonds. The van der Waals surface area contributed by atoms with Gasteiger partial charge in [-0.25, -0.2) is 4.98 Å². The number of anilines is 2. The number of carbonyl (C=O) groups is 2. The maximum atomic E-state index is 14.1. The van der Waals surface area contributed by atoms with E-state index in [4.69, 9.17) is 9.47 Å². The van der Waals surface area contributed by atoms with Crippen LogP contribution in [-0.2, 0) is 27.0 Å². The maximum Gasteiger partial charge on any atom is 0.418 e. The van der Waals surface area contributed by atoms with Crippen LogP contribution in [0.15, 0.2) is 30.6 Å². The molecule has 0 aromatic carbocycles. The summed E-state index contributed by atoms with van der Waals surface area (Å²) >= 11 is 0. The van der Waals surface area contributed by atoms with Crippen LogP contribution < -0.4 is 10.2 Å². The molecule has 0 aliphatic heterocycles. The first kappa shape index (κ1) is 33.4. The van der Waals surface area contributed by atoms with Crippen LogP contribution in [0.25, 0.3) is 22.4 Å². The number of H-pyrrole nitrogens is 1. The van der Waals surface area contributed by atoms with Gasteiger partial charge in [-0.1, -0.05) is 12.8 Å². The van der Waals surface area contributed by atoms with Crippen molar-refractivity contribution in [2.45, 2.75) is 70.5 Å². The Morgan fingerprint density at radius 3 is 2.65 bits per heavy atom. The molecule has 0 atom stereocenters. The third kappa shape index (κ3) is 7.30. The number of nitrogens with one attached hydrogen (secondary N) is 2. The number of nitrogens with zero attached hydrogens (tertiary/aromatic N) is 6. The summed E-state index contributed by atoms with van der Waals surface area (Å²) in [5.41, 5.74) is 1.24. The number of fused-ring (bicyclic) bond motifs is 1. The second kappa shape index (κ2) is 13.5. The Kier molecular flexibility index (Phi) is 9.41. The second-order valence-corrected chi connectivity index (χ2v) is 12.7. The number of alkyl halides is 3. The van der Waals surface area contributed by atoms with Crippen molar-refractivity contribution in [3.05, 3.63) is 47.5 Å². The summed E-state index contributed by atoms with van der Waals surface area (Å²) in [7, 11) is 3.61. The summed E-state index contributed by atoms with van der Waals surface area (Å²) in [5.74, 6) is -0.989. The molecule has 4 aromatic heterocycles. The molecule has 12 nitrogen and oxygen atoms in total. The van der Waals surface area contributed by atoms with E-state index in [2.05, 4.69) is 30.4 Å². The van der Waals surface area contributed by atoms with Crippen LogP contribution in [0.4, 0.5) is 24.8 Å². The number of rotatable bonds is 13. The Bertz CT molecular complexity index is 1790. The highest BCUT2D eigenvalue weighted by Crippen LogP contribution is 2.46. The van der Waals surface area contributed by atoms with Crippen molar-refractivity contribution in [2.75, 3.05) is 44.1 Å². The molecule has 4 heterocycles. The molecule has 2 saturated carbocycles. The number of aryl methyl sites for hydroxylation is 1. The number of esters is 1. The van der Waals surface area contributed by atoms with Gasteiger partial charge in [-0.2, -0.15) is 23.3 Å². The highest BCUT2D eigenvalue weighted by atomic mass is 19.4. The zero-order valence-electron chi connectivity index (χ0n) is 27.2. The molecule has 2 aliphatic carbocycles. The number of hydrogen-bond acceptors (Lipinski definition) is 9. The van der Waals surface area contributed by atoms with Crippen LogP contribution in [0.1, 0.15) is 79.5 Å². The van der Waals surface area contributed by atoms with Gasteiger partial charge < -0.3 is 19.4 Å². The first-order chi connectivity index (χ1) is 23.0. The first-order valence-corrected chi connectivity index (χ1v) is 16.2. The lowest BCUT2D eigenvalue weighted by atomic mass is 9.86. The predicted molar refractivity (Wildman–Crippen MR) is 172 cm³/mol. The van der Waals surface area contributed by atoms with Crippen molar-refractivity contribution in [1.82, 2.24) is 29.7 Å². The summed E-state index contributed by atoms with van der Waals surface area (Å²) < 4.78 is 54.5. The lowest BCUT2D eigenvalue weighted by Gasteiger charge is -2.34. The topological polar surface area (TPSA) is 140 Å². The van der Waals surface area contributed by atoms with Crippen LogP contribution in [0.5, 0.6) is 0 Å². The Balaban J connectivity index is 1.33. The fraction of sp³-hybridized carbons (Fsp3) is 0.515. The summed E-state index contributed by atoms with van der Waals surface area (Å²) in [6, 6.07) is 4.38. The SMILES string of the molecule is CCOC(=O)CCn1ccc(C(=O)Nc2nc3nc(-c4cnc(C5CC5)c(C(F)(F)F)c4)cc(N(C)CC4(COC)CCCC4)c3[nH]2)n1. The number of pyridine rings is 2. The zero-order chi connectivity index (χ0) is 34.1. The number of imidazole rings is 1. The lowest BCUT2D eigenvalue weighted by molar-refractivity contribution is -0.143. The molecule has 2 aliphatic rings. The van der Waals surface area contributed by atoms with Crippen molar-refractivity contribution < 1.29 is 32.2 Å². The van der Waals surface area contributed by atoms with Gasteiger partial charge in [0, 0.05) is 50.0 Å². The van der Waals surface area contributed by atoms with Gasteiger partial charge in [0.15, 0.2) is 11.3 Å². The third-order valence-corrected chi connectivity index (χ3v) is 8.98. The van der Waals surface area contributed by atoms with Crippen LogP contribution in [0.3, 0.4) is 0 Å². The molecule has 15 heteroatoms. The van der Waals surface area contributed by atoms with Crippen LogP contribution in [-0.4, -0.2) is 75.5 Å². The third-order valence-electron chi connectivity index (χ3n) is 8.98. The quantitative estimate of drug-likeness (QED) is 0.165. The summed E-state index contributed by atoms with van der Waals surface area (Å²) in [6.45, 7) is 3.47. The fourth-order valence-corrected chi connectivity index (χ4v) is 6.59. The smallest absolute Gasteiger partial charge is 0.418 e. The van der Waals surface area contributed by atoms with Crippen LogP contribution in [0.2, 0.25) is 0 Å². The Hall–Kier alpha value is -4.53. The summed E-state index contributed by atoms with van der Waals surface area (Å²) in [6.07, 6.45) is 4.12. The van der Waals surface area contributed by atoms with Gasteiger partial charge in [0.1, 0.15) is 5.52 Å². The minimum Gasteiger partial charge on any atom is -0.466 e. The highest BCUT2D eigenvalue weighted by molar-refractivity contribution is 6.03. The molecule has 6 rings (SSSR count). The molecule has 0 saturated heterocycles. The zero-order valence-corrected chi connectivity index (χ0v) is 27.2. The van der Waals surface area contributed by atoms with Crippen molar-refractivity contribution in [3.8, 4) is 11.3 Å². The van der Waals surface area contributed by atoms with Gasteiger partial charge in [-0.15, -0.1) is 0 Å². The average molecular weight is 669 g/mol. The molecule has 256 valence electrons. The normalized spacial score (nSPS) is 16.0. The van der Waals surface area contributed by atoms with Gasteiger partial charge in [-0.05, 0) is 50.8 Å². The van der Waals surface area contributed by atoms with E-state index in [1.165, 1.54) is 16.9 Å².